The molecule has 5 heteroatoms. The van der Waals surface area contributed by atoms with Gasteiger partial charge in [-0.3, -0.25) is 9.78 Å². The Hall–Kier alpha value is -2.69. The van der Waals surface area contributed by atoms with E-state index in [1.165, 1.54) is 5.56 Å². The first-order chi connectivity index (χ1) is 13.4. The molecular weight excluding hydrogens is 348 g/mol. The number of carbonyl (C=O) groups excluding carboxylic acids is 1. The summed E-state index contributed by atoms with van der Waals surface area (Å²) in [4.78, 5) is 22.4. The molecule has 0 saturated heterocycles. The molecule has 0 amide bonds. The van der Waals surface area contributed by atoms with Crippen molar-refractivity contribution in [2.24, 2.45) is 5.41 Å². The number of allylic oxidation sites excluding steroid dienone is 2. The van der Waals surface area contributed by atoms with Crippen LogP contribution in [0.15, 0.2) is 35.8 Å². The molecule has 5 nitrogen and oxygen atoms in total. The number of rotatable bonds is 1. The number of hydrogen-bond donors (Lipinski definition) is 2. The van der Waals surface area contributed by atoms with Crippen molar-refractivity contribution >= 4 is 17.3 Å². The van der Waals surface area contributed by atoms with Crippen LogP contribution in [0.4, 0.5) is 11.5 Å². The normalized spacial score (nSPS) is 22.8. The van der Waals surface area contributed by atoms with Gasteiger partial charge in [0.2, 0.25) is 0 Å². The minimum Gasteiger partial charge on any atom is -0.398 e. The first kappa shape index (κ1) is 17.4. The third-order valence-corrected chi connectivity index (χ3v) is 6.36. The summed E-state index contributed by atoms with van der Waals surface area (Å²) in [5, 5.41) is 3.53. The number of aryl methyl sites for hydroxylation is 1. The number of Topliss-reactive ketones (excluding diaryl/α,β-unsaturated/α-hetero) is 1. The molecule has 0 saturated carbocycles. The summed E-state index contributed by atoms with van der Waals surface area (Å²) in [6, 6.07) is 3.99. The van der Waals surface area contributed by atoms with Gasteiger partial charge in [-0.15, -0.1) is 0 Å². The predicted octanol–water partition coefficient (Wildman–Crippen LogP) is 4.14. The van der Waals surface area contributed by atoms with Gasteiger partial charge in [0.15, 0.2) is 5.78 Å². The largest absolute Gasteiger partial charge is 0.398 e. The second-order valence-corrected chi connectivity index (χ2v) is 9.09. The quantitative estimate of drug-likeness (QED) is 0.784. The molecule has 2 aromatic heterocycles. The standard InChI is InChI=1S/C23H26N4O/c1-23(2)11-16-19(17(28)12-23)18(13-7-9-25-10-8-13)20-21(24)14-5-3-4-6-15(14)26-22(20)27-16/h7-10,18H,3-6,11-12H2,1-2H3,(H3,24,26,27)/t18-/m0/s1. The number of nitrogens with one attached hydrogen (secondary N) is 1. The fourth-order valence-electron chi connectivity index (χ4n) is 5.13. The zero-order valence-electron chi connectivity index (χ0n) is 16.5. The Kier molecular flexibility index (Phi) is 3.83. The number of ketones is 1. The molecule has 0 bridgehead atoms. The summed E-state index contributed by atoms with van der Waals surface area (Å²) in [6.07, 6.45) is 9.23. The molecule has 0 unspecified atom stereocenters. The molecule has 0 radical (unpaired) electrons. The van der Waals surface area contributed by atoms with Gasteiger partial charge >= 0.3 is 0 Å². The van der Waals surface area contributed by atoms with Gasteiger partial charge in [-0.05, 0) is 60.8 Å². The third-order valence-electron chi connectivity index (χ3n) is 6.36. The number of nitrogens with two attached hydrogens (primary N) is 1. The zero-order chi connectivity index (χ0) is 19.5. The molecule has 3 aliphatic rings. The molecule has 0 aromatic carbocycles. The van der Waals surface area contributed by atoms with Crippen LogP contribution < -0.4 is 11.1 Å². The maximum atomic E-state index is 13.3. The number of anilines is 2. The van der Waals surface area contributed by atoms with E-state index in [4.69, 9.17) is 10.7 Å². The van der Waals surface area contributed by atoms with Gasteiger partial charge in [0.25, 0.3) is 0 Å². The number of pyridine rings is 2. The number of nitrogens with zero attached hydrogens (tertiary/aromatic N) is 2. The second kappa shape index (κ2) is 6.16. The van der Waals surface area contributed by atoms with Crippen molar-refractivity contribution in [2.45, 2.75) is 58.3 Å². The summed E-state index contributed by atoms with van der Waals surface area (Å²) in [5.41, 5.74) is 13.7. The van der Waals surface area contributed by atoms with Gasteiger partial charge in [-0.2, -0.15) is 0 Å². The highest BCUT2D eigenvalue weighted by Crippen LogP contribution is 2.51. The van der Waals surface area contributed by atoms with E-state index in [2.05, 4.69) is 24.1 Å². The highest BCUT2D eigenvalue weighted by molar-refractivity contribution is 6.02. The van der Waals surface area contributed by atoms with E-state index in [9.17, 15) is 4.79 Å². The van der Waals surface area contributed by atoms with Gasteiger partial charge in [0, 0.05) is 52.9 Å². The van der Waals surface area contributed by atoms with Crippen LogP contribution >= 0.6 is 0 Å². The van der Waals surface area contributed by atoms with Gasteiger partial charge < -0.3 is 11.1 Å². The minimum absolute atomic E-state index is 0.0526. The molecule has 0 spiro atoms. The minimum atomic E-state index is -0.169. The summed E-state index contributed by atoms with van der Waals surface area (Å²) < 4.78 is 0. The third kappa shape index (κ3) is 2.64. The molecule has 1 atom stereocenters. The van der Waals surface area contributed by atoms with Crippen LogP contribution in [0.3, 0.4) is 0 Å². The van der Waals surface area contributed by atoms with Crippen LogP contribution in [0.5, 0.6) is 0 Å². The Bertz CT molecular complexity index is 1010. The van der Waals surface area contributed by atoms with E-state index < -0.39 is 0 Å². The number of carbonyl (C=O) groups is 1. The number of nitrogen functional groups attached to an aromatic ring is 1. The highest BCUT2D eigenvalue weighted by Gasteiger charge is 2.42. The van der Waals surface area contributed by atoms with Gasteiger partial charge in [-0.1, -0.05) is 13.8 Å². The summed E-state index contributed by atoms with van der Waals surface area (Å²) in [7, 11) is 0. The van der Waals surface area contributed by atoms with E-state index in [1.807, 2.05) is 12.1 Å². The summed E-state index contributed by atoms with van der Waals surface area (Å²) >= 11 is 0. The van der Waals surface area contributed by atoms with E-state index >= 15 is 0 Å². The van der Waals surface area contributed by atoms with Gasteiger partial charge in [0.05, 0.1) is 0 Å². The maximum Gasteiger partial charge on any atom is 0.162 e. The molecule has 0 fully saturated rings. The molecule has 5 rings (SSSR count). The van der Waals surface area contributed by atoms with Gasteiger partial charge in [-0.25, -0.2) is 4.98 Å². The van der Waals surface area contributed by atoms with Crippen molar-refractivity contribution in [2.75, 3.05) is 11.1 Å². The number of fused-ring (bicyclic) bond motifs is 2. The molecule has 2 aliphatic carbocycles. The first-order valence-corrected chi connectivity index (χ1v) is 10.2. The molecular formula is C23H26N4O. The lowest BCUT2D eigenvalue weighted by Crippen LogP contribution is -2.35. The van der Waals surface area contributed by atoms with Crippen molar-refractivity contribution in [1.82, 2.24) is 9.97 Å². The summed E-state index contributed by atoms with van der Waals surface area (Å²) in [6.45, 7) is 4.31. The number of aromatic nitrogens is 2. The van der Waals surface area contributed by atoms with Crippen LogP contribution in [-0.2, 0) is 17.6 Å². The topological polar surface area (TPSA) is 80.9 Å². The van der Waals surface area contributed by atoms with E-state index in [1.54, 1.807) is 12.4 Å². The molecule has 2 aromatic rings. The number of hydrogen-bond acceptors (Lipinski definition) is 5. The van der Waals surface area contributed by atoms with Crippen LogP contribution in [0.2, 0.25) is 0 Å². The Balaban J connectivity index is 1.77. The molecule has 28 heavy (non-hydrogen) atoms. The Morgan fingerprint density at radius 3 is 2.68 bits per heavy atom. The Morgan fingerprint density at radius 2 is 1.89 bits per heavy atom. The fraction of sp³-hybridized carbons (Fsp3) is 0.435. The average Bonchev–Trinajstić information content (AvgIpc) is 2.66. The van der Waals surface area contributed by atoms with E-state index in [-0.39, 0.29) is 17.1 Å². The van der Waals surface area contributed by atoms with E-state index in [0.29, 0.717) is 6.42 Å². The van der Waals surface area contributed by atoms with Crippen molar-refractivity contribution in [3.63, 3.8) is 0 Å². The van der Waals surface area contributed by atoms with Crippen LogP contribution in [0.25, 0.3) is 0 Å². The molecule has 144 valence electrons. The molecule has 1 aliphatic heterocycles. The molecule has 3 heterocycles. The lowest BCUT2D eigenvalue weighted by atomic mass is 9.68. The van der Waals surface area contributed by atoms with Gasteiger partial charge in [0.1, 0.15) is 5.82 Å². The monoisotopic (exact) mass is 374 g/mol. The lowest BCUT2D eigenvalue weighted by Gasteiger charge is -2.40. The van der Waals surface area contributed by atoms with Crippen molar-refractivity contribution < 1.29 is 4.79 Å². The average molecular weight is 374 g/mol. The van der Waals surface area contributed by atoms with Crippen LogP contribution in [0.1, 0.15) is 67.8 Å². The predicted molar refractivity (Wildman–Crippen MR) is 110 cm³/mol. The van der Waals surface area contributed by atoms with Crippen molar-refractivity contribution in [1.29, 1.82) is 0 Å². The van der Waals surface area contributed by atoms with Crippen molar-refractivity contribution in [3.05, 3.63) is 58.2 Å². The second-order valence-electron chi connectivity index (χ2n) is 9.09. The first-order valence-electron chi connectivity index (χ1n) is 10.2. The zero-order valence-corrected chi connectivity index (χ0v) is 16.5. The Labute approximate surface area is 165 Å². The smallest absolute Gasteiger partial charge is 0.162 e. The highest BCUT2D eigenvalue weighted by atomic mass is 16.1. The maximum absolute atomic E-state index is 13.3. The summed E-state index contributed by atoms with van der Waals surface area (Å²) in [5.74, 6) is 0.880. The van der Waals surface area contributed by atoms with Crippen molar-refractivity contribution in [3.8, 4) is 0 Å². The SMILES string of the molecule is CC1(C)CC(=O)C2=C(C1)Nc1nc3c(c(N)c1[C@H]2c1ccncc1)CCCC3. The fourth-order valence-corrected chi connectivity index (χ4v) is 5.13. The lowest BCUT2D eigenvalue weighted by molar-refractivity contribution is -0.118. The van der Waals surface area contributed by atoms with Crippen LogP contribution in [0, 0.1) is 5.41 Å². The molecule has 3 N–H and O–H groups in total. The Morgan fingerprint density at radius 1 is 1.14 bits per heavy atom. The van der Waals surface area contributed by atoms with Crippen LogP contribution in [-0.4, -0.2) is 15.8 Å². The van der Waals surface area contributed by atoms with E-state index in [0.717, 1.165) is 71.7 Å².